The lowest BCUT2D eigenvalue weighted by atomic mass is 10.1. The van der Waals surface area contributed by atoms with Crippen LogP contribution in [0.15, 0.2) is 94.5 Å². The molecule has 7 rings (SSSR count). The zero-order valence-electron chi connectivity index (χ0n) is 20.5. The van der Waals surface area contributed by atoms with E-state index < -0.39 is 10.9 Å². The highest BCUT2D eigenvalue weighted by molar-refractivity contribution is 5.98. The lowest BCUT2D eigenvalue weighted by Crippen LogP contribution is -2.19. The summed E-state index contributed by atoms with van der Waals surface area (Å²) in [6.45, 7) is 15.2. The molecule has 0 aliphatic carbocycles. The number of aromatic nitrogens is 6. The van der Waals surface area contributed by atoms with Gasteiger partial charge in [-0.1, -0.05) is 73.8 Å². The Morgan fingerprint density at radius 3 is 1.23 bits per heavy atom. The Morgan fingerprint density at radius 2 is 0.850 bits per heavy atom. The Balaban J connectivity index is 1.83. The van der Waals surface area contributed by atoms with Crippen molar-refractivity contribution in [1.82, 2.24) is 29.1 Å². The average molecular weight is 518 g/mol. The van der Waals surface area contributed by atoms with Gasteiger partial charge in [0.25, 0.3) is 11.6 Å². The molecule has 10 nitrogen and oxygen atoms in total. The van der Waals surface area contributed by atoms with Gasteiger partial charge in [0.15, 0.2) is 11.3 Å². The second-order valence-corrected chi connectivity index (χ2v) is 8.86. The Kier molecular flexibility index (Phi) is 4.95. The monoisotopic (exact) mass is 518 g/mol. The minimum Gasteiger partial charge on any atom is -0.370 e. The zero-order chi connectivity index (χ0) is 27.4. The number of hydrogen-bond donors (Lipinski definition) is 0. The van der Waals surface area contributed by atoms with Crippen molar-refractivity contribution in [2.75, 3.05) is 0 Å². The van der Waals surface area contributed by atoms with E-state index >= 15 is 0 Å². The van der Waals surface area contributed by atoms with Crippen LogP contribution in [0.4, 0.5) is 11.6 Å². The maximum Gasteiger partial charge on any atom is 0.300 e. The Labute approximate surface area is 224 Å². The first-order valence-electron chi connectivity index (χ1n) is 12.1. The van der Waals surface area contributed by atoms with Crippen molar-refractivity contribution >= 4 is 56.0 Å². The molecule has 3 aromatic heterocycles. The summed E-state index contributed by atoms with van der Waals surface area (Å²) in [5.41, 5.74) is 1.15. The minimum absolute atomic E-state index is 0.0732. The Bertz CT molecular complexity index is 2220. The number of para-hydroxylation sites is 2. The van der Waals surface area contributed by atoms with Gasteiger partial charge in [-0.25, -0.2) is 9.97 Å². The predicted octanol–water partition coefficient (Wildman–Crippen LogP) is 5.28. The fourth-order valence-electron chi connectivity index (χ4n) is 4.86. The summed E-state index contributed by atoms with van der Waals surface area (Å²) in [5, 5.41) is 0.516. The second kappa shape index (κ2) is 8.65. The van der Waals surface area contributed by atoms with Crippen molar-refractivity contribution in [3.05, 3.63) is 128 Å². The third kappa shape index (κ3) is 3.20. The Morgan fingerprint density at radius 1 is 0.500 bits per heavy atom. The van der Waals surface area contributed by atoms with E-state index in [0.29, 0.717) is 11.4 Å². The number of benzene rings is 4. The molecule has 0 bridgehead atoms. The van der Waals surface area contributed by atoms with Gasteiger partial charge in [0, 0.05) is 10.8 Å². The summed E-state index contributed by atoms with van der Waals surface area (Å²) in [6.07, 6.45) is 0. The molecule has 3 heterocycles. The van der Waals surface area contributed by atoms with Gasteiger partial charge < -0.3 is 9.69 Å². The normalized spacial score (nSPS) is 11.2. The molecule has 0 fully saturated rings. The fourth-order valence-corrected chi connectivity index (χ4v) is 4.86. The van der Waals surface area contributed by atoms with Crippen LogP contribution in [-0.2, 0) is 0 Å². The topological polar surface area (TPSA) is 104 Å². The largest absolute Gasteiger partial charge is 0.370 e. The molecule has 0 saturated carbocycles. The lowest BCUT2D eigenvalue weighted by Gasteiger charge is -2.17. The molecule has 10 heteroatoms. The number of nitrogens with zero attached hydrogens (tertiary/aromatic N) is 8. The van der Waals surface area contributed by atoms with Gasteiger partial charge in [-0.3, -0.25) is 18.7 Å². The van der Waals surface area contributed by atoms with Crippen molar-refractivity contribution < 1.29 is 0 Å². The van der Waals surface area contributed by atoms with E-state index in [2.05, 4.69) is 19.7 Å². The fraction of sp³-hybridized carbons (Fsp3) is 0. The van der Waals surface area contributed by atoms with Gasteiger partial charge in [0.1, 0.15) is 11.0 Å². The van der Waals surface area contributed by atoms with Crippen molar-refractivity contribution in [2.45, 2.75) is 0 Å². The summed E-state index contributed by atoms with van der Waals surface area (Å²) in [7, 11) is 0. The van der Waals surface area contributed by atoms with Crippen LogP contribution in [0.25, 0.3) is 65.5 Å². The van der Waals surface area contributed by atoms with Crippen LogP contribution in [-0.4, -0.2) is 29.1 Å². The molecule has 0 aliphatic heterocycles. The number of hydrogen-bond acceptors (Lipinski definition) is 6. The van der Waals surface area contributed by atoms with Gasteiger partial charge in [-0.15, -0.1) is 9.97 Å². The summed E-state index contributed by atoms with van der Waals surface area (Å²) in [4.78, 5) is 52.6. The highest BCUT2D eigenvalue weighted by atomic mass is 16.1. The van der Waals surface area contributed by atoms with E-state index in [1.54, 1.807) is 33.4 Å². The zero-order valence-corrected chi connectivity index (χ0v) is 20.5. The molecule has 7 aromatic rings. The second-order valence-electron chi connectivity index (χ2n) is 8.86. The molecule has 0 unspecified atom stereocenters. The molecule has 40 heavy (non-hydrogen) atoms. The average Bonchev–Trinajstić information content (AvgIpc) is 3.02. The summed E-state index contributed by atoms with van der Waals surface area (Å²) in [6, 6.07) is 24.8. The Hall–Kier alpha value is -6.26. The summed E-state index contributed by atoms with van der Waals surface area (Å²) < 4.78 is 3.29. The number of rotatable bonds is 2. The standard InChI is InChI=1S/C30H14N8O2/c1-31-25-26(32-2)36-30-29(35-25)37(17-11-5-3-6-12-17)27-28(38(30)18-13-7-4-8-14-18)34-22-21(33-27)23(39)19-15-9-10-16-20(19)24(22)40/h3-16H. The smallest absolute Gasteiger partial charge is 0.300 e. The first-order chi connectivity index (χ1) is 19.6. The highest BCUT2D eigenvalue weighted by Crippen LogP contribution is 2.32. The van der Waals surface area contributed by atoms with Crippen LogP contribution in [0.5, 0.6) is 0 Å². The molecule has 0 amide bonds. The van der Waals surface area contributed by atoms with Crippen molar-refractivity contribution in [3.63, 3.8) is 0 Å². The first kappa shape index (κ1) is 22.9. The van der Waals surface area contributed by atoms with E-state index in [1.807, 2.05) is 60.7 Å². The van der Waals surface area contributed by atoms with Gasteiger partial charge in [0.05, 0.1) is 11.4 Å². The molecule has 0 N–H and O–H groups in total. The third-order valence-corrected chi connectivity index (χ3v) is 6.62. The van der Waals surface area contributed by atoms with E-state index in [-0.39, 0.29) is 56.0 Å². The molecular weight excluding hydrogens is 504 g/mol. The molecular formula is C30H14N8O2. The van der Waals surface area contributed by atoms with Crippen LogP contribution in [0.2, 0.25) is 0 Å². The molecule has 0 atom stereocenters. The third-order valence-electron chi connectivity index (χ3n) is 6.62. The van der Waals surface area contributed by atoms with E-state index in [4.69, 9.17) is 23.1 Å². The highest BCUT2D eigenvalue weighted by Gasteiger charge is 2.27. The van der Waals surface area contributed by atoms with Crippen LogP contribution in [0.3, 0.4) is 0 Å². The van der Waals surface area contributed by atoms with Crippen molar-refractivity contribution in [3.8, 4) is 11.4 Å². The van der Waals surface area contributed by atoms with E-state index in [1.165, 1.54) is 0 Å². The molecule has 0 spiro atoms. The number of fused-ring (bicyclic) bond motifs is 4. The van der Waals surface area contributed by atoms with Crippen LogP contribution in [0, 0.1) is 13.1 Å². The van der Waals surface area contributed by atoms with Crippen molar-refractivity contribution in [2.24, 2.45) is 0 Å². The van der Waals surface area contributed by atoms with Crippen LogP contribution in [0.1, 0.15) is 0 Å². The van der Waals surface area contributed by atoms with Crippen molar-refractivity contribution in [1.29, 1.82) is 0 Å². The maximum absolute atomic E-state index is 13.6. The van der Waals surface area contributed by atoms with Crippen LogP contribution >= 0.6 is 0 Å². The molecule has 0 saturated heterocycles. The summed E-state index contributed by atoms with van der Waals surface area (Å²) >= 11 is 0. The first-order valence-corrected chi connectivity index (χ1v) is 12.1. The van der Waals surface area contributed by atoms with Crippen LogP contribution < -0.4 is 10.9 Å². The predicted molar refractivity (Wildman–Crippen MR) is 151 cm³/mol. The van der Waals surface area contributed by atoms with Gasteiger partial charge >= 0.3 is 11.3 Å². The maximum atomic E-state index is 13.6. The van der Waals surface area contributed by atoms with Gasteiger partial charge in [-0.05, 0) is 24.3 Å². The SMILES string of the molecule is [C-]#[N+]c1nc2c(nc1[N+]#[C-])n(-c1ccccc1)c1nc3c(=O)c4ccccc4c(=O)c3nc1n2-c1ccccc1. The minimum atomic E-state index is -0.415. The van der Waals surface area contributed by atoms with E-state index in [9.17, 15) is 9.59 Å². The van der Waals surface area contributed by atoms with E-state index in [0.717, 1.165) is 0 Å². The molecule has 4 aromatic carbocycles. The molecule has 0 radical (unpaired) electrons. The lowest BCUT2D eigenvalue weighted by molar-refractivity contribution is 0.998. The molecule has 0 aliphatic rings. The van der Waals surface area contributed by atoms with Gasteiger partial charge in [-0.2, -0.15) is 0 Å². The van der Waals surface area contributed by atoms with Gasteiger partial charge in [0.2, 0.25) is 10.9 Å². The summed E-state index contributed by atoms with van der Waals surface area (Å²) in [5.74, 6) is -0.338. The molecule has 186 valence electrons. The quantitative estimate of drug-likeness (QED) is 0.228.